The van der Waals surface area contributed by atoms with Crippen LogP contribution in [0, 0.1) is 0 Å². The van der Waals surface area contributed by atoms with Crippen LogP contribution in [0.4, 0.5) is 4.79 Å². The van der Waals surface area contributed by atoms with Crippen molar-refractivity contribution >= 4 is 23.4 Å². The number of nitrogens with one attached hydrogen (secondary N) is 1. The Morgan fingerprint density at radius 2 is 1.65 bits per heavy atom. The summed E-state index contributed by atoms with van der Waals surface area (Å²) in [4.78, 5) is 30.0. The smallest absolute Gasteiger partial charge is 0.407 e. The molecule has 0 aliphatic heterocycles. The summed E-state index contributed by atoms with van der Waals surface area (Å²) in [7, 11) is 0. The third kappa shape index (κ3) is 4.43. The first-order chi connectivity index (χ1) is 16.6. The van der Waals surface area contributed by atoms with Crippen LogP contribution in [0.1, 0.15) is 22.7 Å². The fourth-order valence-electron chi connectivity index (χ4n) is 4.35. The number of alkyl carbamates (subject to hydrolysis) is 1. The number of rotatable bonds is 7. The minimum atomic E-state index is -1.15. The summed E-state index contributed by atoms with van der Waals surface area (Å²) in [6.07, 6.45) is -0.706. The molecular weight excluding hydrogens is 448 g/mol. The van der Waals surface area contributed by atoms with E-state index in [1.165, 1.54) is 0 Å². The van der Waals surface area contributed by atoms with E-state index in [1.54, 1.807) is 17.4 Å². The van der Waals surface area contributed by atoms with Gasteiger partial charge in [0.2, 0.25) is 0 Å². The maximum absolute atomic E-state index is 12.6. The van der Waals surface area contributed by atoms with Crippen molar-refractivity contribution in [2.45, 2.75) is 18.4 Å². The van der Waals surface area contributed by atoms with Gasteiger partial charge in [-0.25, -0.2) is 9.59 Å². The topological polar surface area (TPSA) is 88.5 Å². The van der Waals surface area contributed by atoms with Crippen LogP contribution in [-0.4, -0.2) is 34.8 Å². The highest BCUT2D eigenvalue weighted by molar-refractivity contribution is 7.13. The predicted octanol–water partition coefficient (Wildman–Crippen LogP) is 5.34. The summed E-state index contributed by atoms with van der Waals surface area (Å²) in [6.45, 7) is 0.123. The Bertz CT molecular complexity index is 1290. The van der Waals surface area contributed by atoms with E-state index < -0.39 is 18.1 Å². The van der Waals surface area contributed by atoms with Gasteiger partial charge in [-0.05, 0) is 45.8 Å². The van der Waals surface area contributed by atoms with E-state index >= 15 is 0 Å². The number of hydrogen-bond acceptors (Lipinski definition) is 5. The third-order valence-corrected chi connectivity index (χ3v) is 6.82. The molecular formula is C27H22N2O4S. The number of aliphatic carboxylic acids is 1. The first kappa shape index (κ1) is 21.9. The molecule has 0 bridgehead atoms. The number of ether oxygens (including phenoxy) is 1. The number of carbonyl (C=O) groups is 2. The van der Waals surface area contributed by atoms with E-state index in [0.29, 0.717) is 5.69 Å². The molecule has 1 amide bonds. The minimum Gasteiger partial charge on any atom is -0.480 e. The van der Waals surface area contributed by atoms with E-state index in [2.05, 4.69) is 22.4 Å². The molecule has 2 heterocycles. The summed E-state index contributed by atoms with van der Waals surface area (Å²) >= 11 is 1.56. The molecule has 2 aromatic heterocycles. The van der Waals surface area contributed by atoms with Crippen molar-refractivity contribution in [2.24, 2.45) is 0 Å². The van der Waals surface area contributed by atoms with E-state index in [9.17, 15) is 14.7 Å². The van der Waals surface area contributed by atoms with E-state index in [0.717, 1.165) is 32.8 Å². The quantitative estimate of drug-likeness (QED) is 0.380. The second kappa shape index (κ2) is 9.49. The van der Waals surface area contributed by atoms with Gasteiger partial charge in [-0.15, -0.1) is 11.3 Å². The van der Waals surface area contributed by atoms with Crippen molar-refractivity contribution in [3.8, 4) is 21.7 Å². The Hall–Kier alpha value is -3.97. The number of aromatic nitrogens is 1. The Kier molecular flexibility index (Phi) is 6.10. The molecule has 2 N–H and O–H groups in total. The van der Waals surface area contributed by atoms with Crippen molar-refractivity contribution in [2.75, 3.05) is 6.61 Å². The molecule has 0 saturated heterocycles. The van der Waals surface area contributed by atoms with Gasteiger partial charge in [0.1, 0.15) is 12.6 Å². The number of benzene rings is 2. The Labute approximate surface area is 200 Å². The molecule has 170 valence electrons. The zero-order chi connectivity index (χ0) is 23.5. The lowest BCUT2D eigenvalue weighted by Crippen LogP contribution is -2.43. The predicted molar refractivity (Wildman–Crippen MR) is 131 cm³/mol. The number of amides is 1. The summed E-state index contributed by atoms with van der Waals surface area (Å²) < 4.78 is 5.51. The highest BCUT2D eigenvalue weighted by Crippen LogP contribution is 2.44. The van der Waals surface area contributed by atoms with Crippen molar-refractivity contribution in [3.05, 3.63) is 101 Å². The highest BCUT2D eigenvalue weighted by Gasteiger charge is 2.30. The number of fused-ring (bicyclic) bond motifs is 3. The normalized spacial score (nSPS) is 13.1. The Morgan fingerprint density at radius 3 is 2.29 bits per heavy atom. The van der Waals surface area contributed by atoms with Gasteiger partial charge in [-0.1, -0.05) is 60.7 Å². The van der Waals surface area contributed by atoms with Crippen LogP contribution >= 0.6 is 11.3 Å². The maximum atomic E-state index is 12.6. The number of nitrogens with zero attached hydrogens (tertiary/aromatic N) is 1. The van der Waals surface area contributed by atoms with E-state index in [1.807, 2.05) is 66.0 Å². The van der Waals surface area contributed by atoms with Gasteiger partial charge >= 0.3 is 12.1 Å². The molecule has 7 heteroatoms. The van der Waals surface area contributed by atoms with Gasteiger partial charge in [0.15, 0.2) is 0 Å². The first-order valence-corrected chi connectivity index (χ1v) is 11.8. The standard InChI is InChI=1S/C27H22N2O4S/c30-26(31)24(15-17-7-5-12-23(28-17)25-13-6-14-34-25)29-27(32)33-16-22-20-10-3-1-8-18(20)19-9-2-4-11-21(19)22/h1-14,22,24H,15-16H2,(H,29,32)(H,30,31). The van der Waals surface area contributed by atoms with Crippen LogP contribution in [-0.2, 0) is 16.0 Å². The monoisotopic (exact) mass is 470 g/mol. The summed E-state index contributed by atoms with van der Waals surface area (Å²) in [5, 5.41) is 14.1. The van der Waals surface area contributed by atoms with Crippen LogP contribution in [0.3, 0.4) is 0 Å². The molecule has 1 atom stereocenters. The Morgan fingerprint density at radius 1 is 0.941 bits per heavy atom. The van der Waals surface area contributed by atoms with Crippen molar-refractivity contribution in [3.63, 3.8) is 0 Å². The van der Waals surface area contributed by atoms with Crippen LogP contribution in [0.5, 0.6) is 0 Å². The zero-order valence-corrected chi connectivity index (χ0v) is 19.0. The second-order valence-electron chi connectivity index (χ2n) is 8.06. The number of pyridine rings is 1. The molecule has 1 aliphatic rings. The number of carboxylic acids is 1. The molecule has 0 radical (unpaired) electrons. The van der Waals surface area contributed by atoms with Gasteiger partial charge in [-0.3, -0.25) is 4.98 Å². The van der Waals surface area contributed by atoms with Gasteiger partial charge in [0.25, 0.3) is 0 Å². The molecule has 0 spiro atoms. The summed E-state index contributed by atoms with van der Waals surface area (Å²) in [5.74, 6) is -1.23. The lowest BCUT2D eigenvalue weighted by Gasteiger charge is -2.17. The van der Waals surface area contributed by atoms with Gasteiger partial charge in [0.05, 0.1) is 10.6 Å². The maximum Gasteiger partial charge on any atom is 0.407 e. The molecule has 1 aliphatic carbocycles. The lowest BCUT2D eigenvalue weighted by molar-refractivity contribution is -0.139. The van der Waals surface area contributed by atoms with Gasteiger partial charge in [-0.2, -0.15) is 0 Å². The fourth-order valence-corrected chi connectivity index (χ4v) is 5.04. The van der Waals surface area contributed by atoms with Crippen LogP contribution in [0.15, 0.2) is 84.2 Å². The van der Waals surface area contributed by atoms with Crippen LogP contribution in [0.2, 0.25) is 0 Å². The number of carboxylic acid groups (broad SMARTS) is 1. The lowest BCUT2D eigenvalue weighted by atomic mass is 9.98. The molecule has 4 aromatic rings. The van der Waals surface area contributed by atoms with Crippen LogP contribution < -0.4 is 5.32 Å². The largest absolute Gasteiger partial charge is 0.480 e. The highest BCUT2D eigenvalue weighted by atomic mass is 32.1. The molecule has 6 nitrogen and oxygen atoms in total. The fraction of sp³-hybridized carbons (Fsp3) is 0.148. The van der Waals surface area contributed by atoms with Gasteiger partial charge < -0.3 is 15.2 Å². The van der Waals surface area contributed by atoms with E-state index in [4.69, 9.17) is 4.74 Å². The van der Waals surface area contributed by atoms with Crippen molar-refractivity contribution in [1.82, 2.24) is 10.3 Å². The molecule has 0 fully saturated rings. The van der Waals surface area contributed by atoms with Crippen molar-refractivity contribution in [1.29, 1.82) is 0 Å². The molecule has 1 unspecified atom stereocenters. The number of hydrogen-bond donors (Lipinski definition) is 2. The minimum absolute atomic E-state index is 0.0543. The zero-order valence-electron chi connectivity index (χ0n) is 18.2. The molecule has 34 heavy (non-hydrogen) atoms. The van der Waals surface area contributed by atoms with Crippen molar-refractivity contribution < 1.29 is 19.4 Å². The van der Waals surface area contributed by atoms with E-state index in [-0.39, 0.29) is 18.9 Å². The number of carbonyl (C=O) groups excluding carboxylic acids is 1. The molecule has 2 aromatic carbocycles. The number of thiophene rings is 1. The molecule has 0 saturated carbocycles. The summed E-state index contributed by atoms with van der Waals surface area (Å²) in [6, 6.07) is 24.3. The average Bonchev–Trinajstić information content (AvgIpc) is 3.50. The SMILES string of the molecule is O=C(NC(Cc1cccc(-c2cccs2)n1)C(=O)O)OCC1c2ccccc2-c2ccccc21. The van der Waals surface area contributed by atoms with Crippen LogP contribution in [0.25, 0.3) is 21.7 Å². The molecule has 5 rings (SSSR count). The first-order valence-electron chi connectivity index (χ1n) is 10.9. The summed E-state index contributed by atoms with van der Waals surface area (Å²) in [5.41, 5.74) is 5.82. The second-order valence-corrected chi connectivity index (χ2v) is 9.00. The average molecular weight is 471 g/mol. The Balaban J connectivity index is 1.26. The van der Waals surface area contributed by atoms with Gasteiger partial charge in [0, 0.05) is 18.0 Å². The third-order valence-electron chi connectivity index (χ3n) is 5.93.